The number of imidazole rings is 1. The summed E-state index contributed by atoms with van der Waals surface area (Å²) in [6, 6.07) is 0.585. The summed E-state index contributed by atoms with van der Waals surface area (Å²) in [5, 5.41) is 0.985. The summed E-state index contributed by atoms with van der Waals surface area (Å²) in [5.74, 6) is -0.314. The summed E-state index contributed by atoms with van der Waals surface area (Å²) in [4.78, 5) is 22.3. The Balaban J connectivity index is 1.66. The molecule has 2 heterocycles. The van der Waals surface area contributed by atoms with E-state index in [2.05, 4.69) is 9.55 Å². The van der Waals surface area contributed by atoms with Gasteiger partial charge in [0.05, 0.1) is 30.5 Å². The highest BCUT2D eigenvalue weighted by Gasteiger charge is 2.34. The van der Waals surface area contributed by atoms with Gasteiger partial charge in [-0.1, -0.05) is 0 Å². The first-order valence-electron chi connectivity index (χ1n) is 7.46. The third kappa shape index (κ3) is 2.18. The molecule has 1 saturated carbocycles. The third-order valence-corrected chi connectivity index (χ3v) is 5.27. The van der Waals surface area contributed by atoms with Crippen LogP contribution in [0.15, 0.2) is 12.5 Å². The molecule has 2 aliphatic carbocycles. The Morgan fingerprint density at radius 2 is 2.33 bits per heavy atom. The fourth-order valence-electron chi connectivity index (χ4n) is 2.92. The zero-order chi connectivity index (χ0) is 14.4. The Bertz CT molecular complexity index is 687. The van der Waals surface area contributed by atoms with Gasteiger partial charge in [0, 0.05) is 10.9 Å². The van der Waals surface area contributed by atoms with E-state index < -0.39 is 0 Å². The maximum absolute atomic E-state index is 12.0. The average Bonchev–Trinajstić information content (AvgIpc) is 2.89. The first kappa shape index (κ1) is 13.0. The predicted octanol–water partition coefficient (Wildman–Crippen LogP) is 2.93. The molecular weight excluding hydrogens is 286 g/mol. The van der Waals surface area contributed by atoms with Crippen LogP contribution >= 0.6 is 11.3 Å². The van der Waals surface area contributed by atoms with Gasteiger partial charge in [-0.25, -0.2) is 9.97 Å². The lowest BCUT2D eigenvalue weighted by Crippen LogP contribution is -2.14. The predicted molar refractivity (Wildman–Crippen MR) is 79.3 cm³/mol. The van der Waals surface area contributed by atoms with E-state index in [4.69, 9.17) is 9.72 Å². The second-order valence-corrected chi connectivity index (χ2v) is 6.67. The van der Waals surface area contributed by atoms with Crippen LogP contribution in [0.5, 0.6) is 0 Å². The number of carbonyl (C=O) groups is 1. The van der Waals surface area contributed by atoms with E-state index in [1.54, 1.807) is 11.3 Å². The second-order valence-electron chi connectivity index (χ2n) is 5.59. The molecule has 2 aliphatic rings. The van der Waals surface area contributed by atoms with Crippen molar-refractivity contribution in [2.75, 3.05) is 6.61 Å². The van der Waals surface area contributed by atoms with Crippen molar-refractivity contribution in [2.45, 2.75) is 44.6 Å². The summed E-state index contributed by atoms with van der Waals surface area (Å²) >= 11 is 1.70. The first-order chi connectivity index (χ1) is 10.3. The van der Waals surface area contributed by atoms with Crippen LogP contribution in [0.2, 0.25) is 0 Å². The average molecular weight is 303 g/mol. The summed E-state index contributed by atoms with van der Waals surface area (Å²) in [6.07, 6.45) is 7.97. The third-order valence-electron chi connectivity index (χ3n) is 4.11. The normalized spacial score (nSPS) is 20.5. The van der Waals surface area contributed by atoms with Crippen LogP contribution in [0.25, 0.3) is 10.7 Å². The Hall–Kier alpha value is -1.69. The van der Waals surface area contributed by atoms with E-state index in [0.717, 1.165) is 29.2 Å². The lowest BCUT2D eigenvalue weighted by molar-refractivity contribution is -0.145. The van der Waals surface area contributed by atoms with Crippen LogP contribution < -0.4 is 0 Å². The molecule has 0 saturated heterocycles. The molecule has 6 heteroatoms. The van der Waals surface area contributed by atoms with Gasteiger partial charge in [-0.15, -0.1) is 11.3 Å². The van der Waals surface area contributed by atoms with Crippen molar-refractivity contribution in [3.63, 3.8) is 0 Å². The van der Waals surface area contributed by atoms with Crippen molar-refractivity contribution < 1.29 is 9.53 Å². The van der Waals surface area contributed by atoms with Gasteiger partial charge in [-0.2, -0.15) is 0 Å². The summed E-state index contributed by atoms with van der Waals surface area (Å²) in [5.41, 5.74) is 2.01. The van der Waals surface area contributed by atoms with Crippen LogP contribution in [0.4, 0.5) is 0 Å². The van der Waals surface area contributed by atoms with E-state index in [1.165, 1.54) is 17.7 Å². The molecule has 1 atom stereocenters. The van der Waals surface area contributed by atoms with Crippen molar-refractivity contribution in [2.24, 2.45) is 0 Å². The zero-order valence-corrected chi connectivity index (χ0v) is 12.7. The van der Waals surface area contributed by atoms with Gasteiger partial charge < -0.3 is 9.30 Å². The van der Waals surface area contributed by atoms with E-state index in [9.17, 15) is 4.79 Å². The highest BCUT2D eigenvalue weighted by Crippen LogP contribution is 2.43. The molecule has 4 rings (SSSR count). The Morgan fingerprint density at radius 1 is 1.48 bits per heavy atom. The molecular formula is C15H17N3O2S. The summed E-state index contributed by atoms with van der Waals surface area (Å²) in [7, 11) is 0. The Labute approximate surface area is 127 Å². The van der Waals surface area contributed by atoms with Gasteiger partial charge in [-0.3, -0.25) is 4.79 Å². The molecule has 0 bridgehead atoms. The minimum atomic E-state index is -0.178. The molecule has 0 radical (unpaired) electrons. The monoisotopic (exact) mass is 303 g/mol. The first-order valence-corrected chi connectivity index (χ1v) is 8.28. The topological polar surface area (TPSA) is 57.0 Å². The molecule has 2 aromatic rings. The van der Waals surface area contributed by atoms with Gasteiger partial charge in [0.25, 0.3) is 0 Å². The molecule has 0 aliphatic heterocycles. The number of carbonyl (C=O) groups excluding carboxylic acids is 1. The fourth-order valence-corrected chi connectivity index (χ4v) is 4.08. The number of hydrogen-bond donors (Lipinski definition) is 0. The SMILES string of the molecule is CCOC(=O)C1CCc2sc(-c3cncn3C3CC3)nc21. The zero-order valence-electron chi connectivity index (χ0n) is 11.9. The molecule has 0 spiro atoms. The maximum Gasteiger partial charge on any atom is 0.315 e. The van der Waals surface area contributed by atoms with Gasteiger partial charge in [-0.05, 0) is 32.6 Å². The standard InChI is InChI=1S/C15H17N3O2S/c1-2-20-15(19)10-5-6-12-13(10)17-14(21-12)11-7-16-8-18(11)9-3-4-9/h7-10H,2-6H2,1H3. The van der Waals surface area contributed by atoms with Crippen molar-refractivity contribution in [1.82, 2.24) is 14.5 Å². The van der Waals surface area contributed by atoms with Crippen LogP contribution in [0, 0.1) is 0 Å². The number of hydrogen-bond acceptors (Lipinski definition) is 5. The highest BCUT2D eigenvalue weighted by molar-refractivity contribution is 7.15. The number of rotatable bonds is 4. The number of aryl methyl sites for hydroxylation is 1. The van der Waals surface area contributed by atoms with Crippen molar-refractivity contribution in [3.8, 4) is 10.7 Å². The van der Waals surface area contributed by atoms with Crippen LogP contribution in [-0.4, -0.2) is 27.1 Å². The van der Waals surface area contributed by atoms with Gasteiger partial charge in [0.1, 0.15) is 10.9 Å². The smallest absolute Gasteiger partial charge is 0.315 e. The number of nitrogens with zero attached hydrogens (tertiary/aromatic N) is 3. The summed E-state index contributed by atoms with van der Waals surface area (Å²) in [6.45, 7) is 2.27. The lowest BCUT2D eigenvalue weighted by Gasteiger charge is -2.08. The molecule has 0 amide bonds. The van der Waals surface area contributed by atoms with Crippen molar-refractivity contribution >= 4 is 17.3 Å². The molecule has 1 unspecified atom stereocenters. The van der Waals surface area contributed by atoms with Crippen LogP contribution in [-0.2, 0) is 16.0 Å². The van der Waals surface area contributed by atoms with Gasteiger partial charge in [0.15, 0.2) is 0 Å². The minimum absolute atomic E-state index is 0.135. The molecule has 21 heavy (non-hydrogen) atoms. The van der Waals surface area contributed by atoms with E-state index >= 15 is 0 Å². The van der Waals surface area contributed by atoms with Gasteiger partial charge in [0.2, 0.25) is 0 Å². The van der Waals surface area contributed by atoms with Crippen molar-refractivity contribution in [1.29, 1.82) is 0 Å². The number of aromatic nitrogens is 3. The maximum atomic E-state index is 12.0. The number of esters is 1. The second kappa shape index (κ2) is 4.94. The number of thiazole rings is 1. The molecule has 2 aromatic heterocycles. The molecule has 1 fully saturated rings. The van der Waals surface area contributed by atoms with E-state index in [0.29, 0.717) is 12.6 Å². The molecule has 110 valence electrons. The van der Waals surface area contributed by atoms with E-state index in [-0.39, 0.29) is 11.9 Å². The quantitative estimate of drug-likeness (QED) is 0.815. The number of ether oxygens (including phenoxy) is 1. The Morgan fingerprint density at radius 3 is 3.10 bits per heavy atom. The van der Waals surface area contributed by atoms with Crippen LogP contribution in [0.1, 0.15) is 48.7 Å². The summed E-state index contributed by atoms with van der Waals surface area (Å²) < 4.78 is 7.38. The molecule has 0 N–H and O–H groups in total. The highest BCUT2D eigenvalue weighted by atomic mass is 32.1. The largest absolute Gasteiger partial charge is 0.465 e. The van der Waals surface area contributed by atoms with Crippen LogP contribution in [0.3, 0.4) is 0 Å². The fraction of sp³-hybridized carbons (Fsp3) is 0.533. The Kier molecular flexibility index (Phi) is 3.06. The minimum Gasteiger partial charge on any atom is -0.465 e. The molecule has 0 aromatic carbocycles. The number of fused-ring (bicyclic) bond motifs is 1. The van der Waals surface area contributed by atoms with Gasteiger partial charge >= 0.3 is 5.97 Å². The van der Waals surface area contributed by atoms with E-state index in [1.807, 2.05) is 19.4 Å². The lowest BCUT2D eigenvalue weighted by atomic mass is 10.1. The molecule has 5 nitrogen and oxygen atoms in total. The van der Waals surface area contributed by atoms with Crippen molar-refractivity contribution in [3.05, 3.63) is 23.1 Å².